The molecule has 0 bridgehead atoms. The van der Waals surface area contributed by atoms with E-state index >= 15 is 0 Å². The molecule has 2 aromatic carbocycles. The average molecular weight is 344 g/mol. The summed E-state index contributed by atoms with van der Waals surface area (Å²) in [5.74, 6) is 0.492. The summed E-state index contributed by atoms with van der Waals surface area (Å²) in [5.41, 5.74) is 7.92. The highest BCUT2D eigenvalue weighted by Gasteiger charge is 2.55. The molecule has 7 nitrogen and oxygen atoms in total. The third kappa shape index (κ3) is 1.64. The summed E-state index contributed by atoms with van der Waals surface area (Å²) < 4.78 is 1.84. The average Bonchev–Trinajstić information content (AvgIpc) is 3.12. The van der Waals surface area contributed by atoms with E-state index in [2.05, 4.69) is 21.9 Å². The van der Waals surface area contributed by atoms with Gasteiger partial charge in [-0.05, 0) is 18.2 Å². The van der Waals surface area contributed by atoms with E-state index in [9.17, 15) is 4.79 Å². The van der Waals surface area contributed by atoms with Crippen LogP contribution in [-0.2, 0) is 10.5 Å². The molecule has 0 saturated heterocycles. The first kappa shape index (κ1) is 14.7. The summed E-state index contributed by atoms with van der Waals surface area (Å²) in [5, 5.41) is 2.99. The van der Waals surface area contributed by atoms with Gasteiger partial charge >= 0.3 is 0 Å². The molecule has 0 saturated carbocycles. The summed E-state index contributed by atoms with van der Waals surface area (Å²) in [6.45, 7) is 4.17. The van der Waals surface area contributed by atoms with Gasteiger partial charge in [0.15, 0.2) is 5.96 Å². The molecule has 26 heavy (non-hydrogen) atoms. The number of aromatic nitrogens is 2. The van der Waals surface area contributed by atoms with Crippen LogP contribution in [0.1, 0.15) is 5.56 Å². The third-order valence-electron chi connectivity index (χ3n) is 4.83. The van der Waals surface area contributed by atoms with Crippen LogP contribution in [-0.4, -0.2) is 28.0 Å². The number of hydrogen-bond acceptors (Lipinski definition) is 5. The predicted molar refractivity (Wildman–Crippen MR) is 101 cm³/mol. The topological polar surface area (TPSA) is 88.5 Å². The van der Waals surface area contributed by atoms with Crippen molar-refractivity contribution in [3.05, 3.63) is 66.7 Å². The highest BCUT2D eigenvalue weighted by atomic mass is 16.2. The minimum Gasteiger partial charge on any atom is -0.370 e. The molecular weight excluding hydrogens is 328 g/mol. The Morgan fingerprint density at radius 1 is 1.19 bits per heavy atom. The highest BCUT2D eigenvalue weighted by Crippen LogP contribution is 2.47. The van der Waals surface area contributed by atoms with Crippen molar-refractivity contribution in [1.29, 1.82) is 0 Å². The number of imidazole rings is 1. The first-order chi connectivity index (χ1) is 12.7. The maximum atomic E-state index is 13.6. The minimum atomic E-state index is -1.31. The van der Waals surface area contributed by atoms with E-state index in [1.807, 2.05) is 53.1 Å². The molecule has 0 radical (unpaired) electrons. The largest absolute Gasteiger partial charge is 0.370 e. The molecule has 128 valence electrons. The number of guanidine groups is 1. The monoisotopic (exact) mass is 344 g/mol. The van der Waals surface area contributed by atoms with Crippen molar-refractivity contribution in [2.24, 2.45) is 10.7 Å². The Balaban J connectivity index is 1.90. The van der Waals surface area contributed by atoms with Gasteiger partial charge in [-0.25, -0.2) is 9.98 Å². The first-order valence-electron chi connectivity index (χ1n) is 8.29. The molecule has 1 unspecified atom stereocenters. The lowest BCUT2D eigenvalue weighted by Gasteiger charge is -2.32. The second kappa shape index (κ2) is 4.95. The van der Waals surface area contributed by atoms with Gasteiger partial charge in [0.1, 0.15) is 0 Å². The van der Waals surface area contributed by atoms with Gasteiger partial charge in [-0.1, -0.05) is 36.4 Å². The standard InChI is InChI=1S/C19H16N6O/c1-2-11-24-14-9-5-3-7-12(14)19(16(24)26)23-17(20)22-18-21-13-8-4-6-10-15(13)25(18)19/h2-10H,1,11H2,(H3,20,21,22,23). The van der Waals surface area contributed by atoms with Crippen LogP contribution in [0, 0.1) is 0 Å². The summed E-state index contributed by atoms with van der Waals surface area (Å²) in [4.78, 5) is 24.5. The van der Waals surface area contributed by atoms with Crippen LogP contribution in [0.3, 0.4) is 0 Å². The molecule has 7 heteroatoms. The van der Waals surface area contributed by atoms with Gasteiger partial charge in [-0.15, -0.1) is 6.58 Å². The number of anilines is 2. The number of para-hydroxylation sites is 3. The van der Waals surface area contributed by atoms with Crippen molar-refractivity contribution in [2.75, 3.05) is 16.8 Å². The lowest BCUT2D eigenvalue weighted by Crippen LogP contribution is -2.49. The molecule has 3 heterocycles. The van der Waals surface area contributed by atoms with Gasteiger partial charge in [0.25, 0.3) is 5.91 Å². The molecule has 0 aliphatic carbocycles. The van der Waals surface area contributed by atoms with Crippen molar-refractivity contribution in [1.82, 2.24) is 9.55 Å². The smallest absolute Gasteiger partial charge is 0.281 e. The number of rotatable bonds is 2. The Morgan fingerprint density at radius 2 is 1.96 bits per heavy atom. The fourth-order valence-electron chi connectivity index (χ4n) is 3.86. The molecule has 1 spiro atoms. The van der Waals surface area contributed by atoms with E-state index in [1.165, 1.54) is 0 Å². The van der Waals surface area contributed by atoms with Crippen LogP contribution in [0.5, 0.6) is 0 Å². The van der Waals surface area contributed by atoms with Gasteiger partial charge < -0.3 is 10.6 Å². The number of benzene rings is 2. The summed E-state index contributed by atoms with van der Waals surface area (Å²) in [6, 6.07) is 15.3. The normalized spacial score (nSPS) is 20.7. The highest BCUT2D eigenvalue weighted by molar-refractivity contribution is 6.12. The zero-order valence-corrected chi connectivity index (χ0v) is 13.9. The molecule has 2 aliphatic heterocycles. The summed E-state index contributed by atoms with van der Waals surface area (Å²) >= 11 is 0. The number of carbonyl (C=O) groups excluding carboxylic acids is 1. The van der Waals surface area contributed by atoms with Gasteiger partial charge in [0, 0.05) is 12.1 Å². The number of carbonyl (C=O) groups is 1. The van der Waals surface area contributed by atoms with Gasteiger partial charge in [0.2, 0.25) is 11.6 Å². The number of nitrogens with zero attached hydrogens (tertiary/aromatic N) is 4. The molecule has 3 aromatic rings. The predicted octanol–water partition coefficient (Wildman–Crippen LogP) is 2.01. The number of nitrogens with one attached hydrogen (secondary N) is 1. The van der Waals surface area contributed by atoms with Crippen molar-refractivity contribution in [3.8, 4) is 0 Å². The Kier molecular flexibility index (Phi) is 2.80. The van der Waals surface area contributed by atoms with Gasteiger partial charge in [0.05, 0.1) is 16.7 Å². The fraction of sp³-hybridized carbons (Fsp3) is 0.105. The second-order valence-corrected chi connectivity index (χ2v) is 6.28. The Hall–Kier alpha value is -3.61. The van der Waals surface area contributed by atoms with Crippen LogP contribution < -0.4 is 16.0 Å². The van der Waals surface area contributed by atoms with E-state index < -0.39 is 5.66 Å². The van der Waals surface area contributed by atoms with Crippen LogP contribution in [0.2, 0.25) is 0 Å². The van der Waals surface area contributed by atoms with E-state index in [-0.39, 0.29) is 11.9 Å². The SMILES string of the molecule is C=CCN1C(=O)C2(N=C(N)Nc3nc4ccccc4n32)c2ccccc21. The number of nitrogens with two attached hydrogens (primary N) is 1. The molecule has 0 fully saturated rings. The first-order valence-corrected chi connectivity index (χ1v) is 8.29. The zero-order chi connectivity index (χ0) is 17.9. The maximum Gasteiger partial charge on any atom is 0.281 e. The molecule has 2 aliphatic rings. The van der Waals surface area contributed by atoms with Crippen molar-refractivity contribution >= 4 is 34.5 Å². The Morgan fingerprint density at radius 3 is 2.81 bits per heavy atom. The van der Waals surface area contributed by atoms with Crippen LogP contribution >= 0.6 is 0 Å². The molecule has 1 atom stereocenters. The van der Waals surface area contributed by atoms with E-state index in [0.29, 0.717) is 12.5 Å². The van der Waals surface area contributed by atoms with E-state index in [0.717, 1.165) is 22.3 Å². The fourth-order valence-corrected chi connectivity index (χ4v) is 3.86. The quantitative estimate of drug-likeness (QED) is 0.696. The molecule has 1 aromatic heterocycles. The number of fused-ring (bicyclic) bond motifs is 6. The van der Waals surface area contributed by atoms with Crippen LogP contribution in [0.15, 0.2) is 66.2 Å². The van der Waals surface area contributed by atoms with Crippen LogP contribution in [0.4, 0.5) is 11.6 Å². The zero-order valence-electron chi connectivity index (χ0n) is 13.9. The van der Waals surface area contributed by atoms with Crippen LogP contribution in [0.25, 0.3) is 11.0 Å². The molecule has 5 rings (SSSR count). The Bertz CT molecular complexity index is 1110. The number of aliphatic imine (C=N–C) groups is 1. The third-order valence-corrected chi connectivity index (χ3v) is 4.83. The lowest BCUT2D eigenvalue weighted by molar-refractivity contribution is -0.123. The molecule has 1 amide bonds. The van der Waals surface area contributed by atoms with Gasteiger partial charge in [-0.3, -0.25) is 14.7 Å². The van der Waals surface area contributed by atoms with E-state index in [1.54, 1.807) is 11.0 Å². The number of hydrogen-bond donors (Lipinski definition) is 2. The summed E-state index contributed by atoms with van der Waals surface area (Å²) in [7, 11) is 0. The lowest BCUT2D eigenvalue weighted by atomic mass is 10.00. The second-order valence-electron chi connectivity index (χ2n) is 6.28. The summed E-state index contributed by atoms with van der Waals surface area (Å²) in [6.07, 6.45) is 1.70. The molecule has 3 N–H and O–H groups in total. The Labute approximate surface area is 149 Å². The molecular formula is C19H16N6O. The van der Waals surface area contributed by atoms with E-state index in [4.69, 9.17) is 5.73 Å². The maximum absolute atomic E-state index is 13.6. The minimum absolute atomic E-state index is 0.163. The van der Waals surface area contributed by atoms with Crippen molar-refractivity contribution < 1.29 is 4.79 Å². The number of amides is 1. The van der Waals surface area contributed by atoms with Crippen molar-refractivity contribution in [3.63, 3.8) is 0 Å². The van der Waals surface area contributed by atoms with Crippen molar-refractivity contribution in [2.45, 2.75) is 5.66 Å². The van der Waals surface area contributed by atoms with Gasteiger partial charge in [-0.2, -0.15) is 0 Å².